The molecule has 2 aromatic heterocycles. The van der Waals surface area contributed by atoms with Crippen LogP contribution in [0.2, 0.25) is 0 Å². The molecule has 0 radical (unpaired) electrons. The number of fused-ring (bicyclic) bond motifs is 1. The Kier molecular flexibility index (Phi) is 3.67. The van der Waals surface area contributed by atoms with Crippen LogP contribution in [0.4, 0.5) is 5.82 Å². The van der Waals surface area contributed by atoms with Crippen LogP contribution >= 0.6 is 0 Å². The van der Waals surface area contributed by atoms with E-state index >= 15 is 0 Å². The van der Waals surface area contributed by atoms with Gasteiger partial charge in [-0.1, -0.05) is 60.7 Å². The lowest BCUT2D eigenvalue weighted by atomic mass is 10.2. The third-order valence-electron chi connectivity index (χ3n) is 3.94. The fourth-order valence-corrected chi connectivity index (χ4v) is 2.73. The molecule has 0 fully saturated rings. The fraction of sp³-hybridized carbons (Fsp3) is 0.105. The average molecular weight is 315 g/mol. The standard InChI is InChI=1S/C19H17N5/c1-13-16-18(20-12-14-8-4-2-5-9-14)23-24-19(16)22-17(21-13)15-10-6-3-7-11-15/h2-11H,12H2,1H3,(H2,20,21,22,23,24). The number of nitrogens with one attached hydrogen (secondary N) is 2. The van der Waals surface area contributed by atoms with E-state index in [1.165, 1.54) is 5.56 Å². The predicted molar refractivity (Wildman–Crippen MR) is 95.6 cm³/mol. The van der Waals surface area contributed by atoms with Gasteiger partial charge in [0, 0.05) is 12.1 Å². The van der Waals surface area contributed by atoms with Crippen molar-refractivity contribution in [1.29, 1.82) is 0 Å². The highest BCUT2D eigenvalue weighted by molar-refractivity contribution is 5.90. The van der Waals surface area contributed by atoms with Crippen molar-refractivity contribution in [3.05, 3.63) is 71.9 Å². The number of aromatic amines is 1. The van der Waals surface area contributed by atoms with Gasteiger partial charge in [-0.3, -0.25) is 5.10 Å². The van der Waals surface area contributed by atoms with Gasteiger partial charge in [0.2, 0.25) is 0 Å². The zero-order valence-electron chi connectivity index (χ0n) is 13.3. The molecule has 0 bridgehead atoms. The zero-order valence-corrected chi connectivity index (χ0v) is 13.3. The molecule has 24 heavy (non-hydrogen) atoms. The van der Waals surface area contributed by atoms with Crippen molar-refractivity contribution in [1.82, 2.24) is 20.2 Å². The van der Waals surface area contributed by atoms with Crippen molar-refractivity contribution in [2.45, 2.75) is 13.5 Å². The highest BCUT2D eigenvalue weighted by Crippen LogP contribution is 2.25. The minimum absolute atomic E-state index is 0.707. The first-order chi connectivity index (χ1) is 11.8. The lowest BCUT2D eigenvalue weighted by molar-refractivity contribution is 1.05. The van der Waals surface area contributed by atoms with E-state index in [9.17, 15) is 0 Å². The van der Waals surface area contributed by atoms with Crippen LogP contribution in [-0.2, 0) is 6.54 Å². The predicted octanol–water partition coefficient (Wildman–Crippen LogP) is 3.94. The Labute approximate surface area is 139 Å². The Balaban J connectivity index is 1.67. The molecule has 2 aromatic carbocycles. The van der Waals surface area contributed by atoms with Crippen LogP contribution < -0.4 is 5.32 Å². The molecular weight excluding hydrogens is 298 g/mol. The summed E-state index contributed by atoms with van der Waals surface area (Å²) in [5.41, 5.74) is 3.85. The maximum Gasteiger partial charge on any atom is 0.161 e. The molecule has 4 aromatic rings. The number of rotatable bonds is 4. The summed E-state index contributed by atoms with van der Waals surface area (Å²) in [6.07, 6.45) is 0. The second kappa shape index (κ2) is 6.12. The van der Waals surface area contributed by atoms with Gasteiger partial charge in [0.15, 0.2) is 17.3 Å². The average Bonchev–Trinajstić information content (AvgIpc) is 3.05. The molecule has 0 saturated carbocycles. The minimum atomic E-state index is 0.707. The number of nitrogens with zero attached hydrogens (tertiary/aromatic N) is 3. The van der Waals surface area contributed by atoms with Crippen molar-refractivity contribution < 1.29 is 0 Å². The van der Waals surface area contributed by atoms with Crippen molar-refractivity contribution in [2.24, 2.45) is 0 Å². The first kappa shape index (κ1) is 14.4. The summed E-state index contributed by atoms with van der Waals surface area (Å²) in [6, 6.07) is 20.2. The van der Waals surface area contributed by atoms with Gasteiger partial charge >= 0.3 is 0 Å². The molecule has 0 unspecified atom stereocenters. The molecule has 118 valence electrons. The third kappa shape index (κ3) is 2.72. The van der Waals surface area contributed by atoms with Crippen molar-refractivity contribution >= 4 is 16.9 Å². The van der Waals surface area contributed by atoms with E-state index in [1.54, 1.807) is 0 Å². The van der Waals surface area contributed by atoms with E-state index < -0.39 is 0 Å². The third-order valence-corrected chi connectivity index (χ3v) is 3.94. The quantitative estimate of drug-likeness (QED) is 0.598. The topological polar surface area (TPSA) is 66.5 Å². The van der Waals surface area contributed by atoms with E-state index in [-0.39, 0.29) is 0 Å². The Morgan fingerprint density at radius 3 is 2.38 bits per heavy atom. The summed E-state index contributed by atoms with van der Waals surface area (Å²) < 4.78 is 0. The molecule has 0 atom stereocenters. The summed E-state index contributed by atoms with van der Waals surface area (Å²) in [4.78, 5) is 9.26. The maximum absolute atomic E-state index is 4.65. The van der Waals surface area contributed by atoms with Crippen LogP contribution in [0.15, 0.2) is 60.7 Å². The van der Waals surface area contributed by atoms with E-state index in [0.717, 1.165) is 28.1 Å². The maximum atomic E-state index is 4.65. The van der Waals surface area contributed by atoms with Crippen molar-refractivity contribution in [3.8, 4) is 11.4 Å². The van der Waals surface area contributed by atoms with Crippen molar-refractivity contribution in [2.75, 3.05) is 5.32 Å². The summed E-state index contributed by atoms with van der Waals surface area (Å²) in [5, 5.41) is 11.7. The van der Waals surface area contributed by atoms with Crippen LogP contribution in [0.3, 0.4) is 0 Å². The molecule has 5 heteroatoms. The minimum Gasteiger partial charge on any atom is -0.364 e. The molecule has 0 aliphatic carbocycles. The van der Waals surface area contributed by atoms with E-state index in [2.05, 4.69) is 37.6 Å². The normalized spacial score (nSPS) is 10.9. The highest BCUT2D eigenvalue weighted by atomic mass is 15.2. The van der Waals surface area contributed by atoms with Gasteiger partial charge < -0.3 is 5.32 Å². The van der Waals surface area contributed by atoms with Gasteiger partial charge in [0.25, 0.3) is 0 Å². The first-order valence-corrected chi connectivity index (χ1v) is 7.87. The Bertz CT molecular complexity index is 961. The second-order valence-corrected chi connectivity index (χ2v) is 5.63. The number of aryl methyl sites for hydroxylation is 1. The summed E-state index contributed by atoms with van der Waals surface area (Å²) >= 11 is 0. The fourth-order valence-electron chi connectivity index (χ4n) is 2.73. The molecule has 0 aliphatic rings. The molecular formula is C19H17N5. The Hall–Kier alpha value is -3.21. The lowest BCUT2D eigenvalue weighted by Gasteiger charge is -2.06. The molecule has 0 aliphatic heterocycles. The van der Waals surface area contributed by atoms with Gasteiger partial charge in [0.1, 0.15) is 0 Å². The van der Waals surface area contributed by atoms with Crippen LogP contribution in [0.1, 0.15) is 11.3 Å². The molecule has 4 rings (SSSR count). The monoisotopic (exact) mass is 315 g/mol. The summed E-state index contributed by atoms with van der Waals surface area (Å²) in [5.74, 6) is 1.49. The smallest absolute Gasteiger partial charge is 0.161 e. The molecule has 0 amide bonds. The molecule has 2 heterocycles. The number of anilines is 1. The van der Waals surface area contributed by atoms with Crippen LogP contribution in [0.5, 0.6) is 0 Å². The van der Waals surface area contributed by atoms with Crippen LogP contribution in [0, 0.1) is 6.92 Å². The van der Waals surface area contributed by atoms with Gasteiger partial charge in [-0.05, 0) is 12.5 Å². The molecule has 0 saturated heterocycles. The lowest BCUT2D eigenvalue weighted by Crippen LogP contribution is -2.01. The molecule has 5 nitrogen and oxygen atoms in total. The van der Waals surface area contributed by atoms with Gasteiger partial charge in [0.05, 0.1) is 11.1 Å². The number of benzene rings is 2. The summed E-state index contributed by atoms with van der Waals surface area (Å²) in [7, 11) is 0. The largest absolute Gasteiger partial charge is 0.364 e. The van der Waals surface area contributed by atoms with Gasteiger partial charge in [-0.25, -0.2) is 9.97 Å². The number of hydrogen-bond acceptors (Lipinski definition) is 4. The van der Waals surface area contributed by atoms with Crippen molar-refractivity contribution in [3.63, 3.8) is 0 Å². The van der Waals surface area contributed by atoms with E-state index in [0.29, 0.717) is 12.4 Å². The number of hydrogen-bond donors (Lipinski definition) is 2. The van der Waals surface area contributed by atoms with Gasteiger partial charge in [-0.2, -0.15) is 5.10 Å². The van der Waals surface area contributed by atoms with Gasteiger partial charge in [-0.15, -0.1) is 0 Å². The number of H-pyrrole nitrogens is 1. The summed E-state index contributed by atoms with van der Waals surface area (Å²) in [6.45, 7) is 2.69. The van der Waals surface area contributed by atoms with Crippen LogP contribution in [0.25, 0.3) is 22.4 Å². The SMILES string of the molecule is Cc1nc(-c2ccccc2)nc2[nH]nc(NCc3ccccc3)c12. The number of aromatic nitrogens is 4. The molecule has 2 N–H and O–H groups in total. The van der Waals surface area contributed by atoms with E-state index in [1.807, 2.05) is 55.5 Å². The second-order valence-electron chi connectivity index (χ2n) is 5.63. The zero-order chi connectivity index (χ0) is 16.4. The Morgan fingerprint density at radius 2 is 1.62 bits per heavy atom. The Morgan fingerprint density at radius 1 is 0.917 bits per heavy atom. The molecule has 0 spiro atoms. The highest BCUT2D eigenvalue weighted by Gasteiger charge is 2.13. The van der Waals surface area contributed by atoms with Crippen LogP contribution in [-0.4, -0.2) is 20.2 Å². The van der Waals surface area contributed by atoms with E-state index in [4.69, 9.17) is 0 Å². The first-order valence-electron chi connectivity index (χ1n) is 7.87.